The maximum Gasteiger partial charge on any atom is 0.573 e. The standard InChI is InChI=1S/C13H10F3NO2/c1-8-12(11(18)5-6-17-8)9-3-2-4-10(7-9)19-13(14,15)16/h2-7H,1H3,(H,17,18). The number of rotatable bonds is 2. The molecule has 0 fully saturated rings. The number of H-pyrrole nitrogens is 1. The molecule has 1 N–H and O–H groups in total. The minimum atomic E-state index is -4.75. The van der Waals surface area contributed by atoms with Gasteiger partial charge in [-0.25, -0.2) is 0 Å². The number of hydrogen-bond donors (Lipinski definition) is 1. The number of hydrogen-bond acceptors (Lipinski definition) is 2. The highest BCUT2D eigenvalue weighted by molar-refractivity contribution is 5.66. The van der Waals surface area contributed by atoms with Crippen LogP contribution in [0.2, 0.25) is 0 Å². The Labute approximate surface area is 106 Å². The van der Waals surface area contributed by atoms with Gasteiger partial charge in [-0.3, -0.25) is 4.79 Å². The van der Waals surface area contributed by atoms with E-state index < -0.39 is 6.36 Å². The zero-order chi connectivity index (χ0) is 14.0. The lowest BCUT2D eigenvalue weighted by molar-refractivity contribution is -0.274. The third kappa shape index (κ3) is 3.15. The third-order valence-corrected chi connectivity index (χ3v) is 2.51. The van der Waals surface area contributed by atoms with Crippen molar-refractivity contribution in [3.63, 3.8) is 0 Å². The molecule has 6 heteroatoms. The van der Waals surface area contributed by atoms with Gasteiger partial charge in [-0.05, 0) is 24.6 Å². The molecule has 0 saturated heterocycles. The van der Waals surface area contributed by atoms with E-state index in [1.165, 1.54) is 30.5 Å². The summed E-state index contributed by atoms with van der Waals surface area (Å²) in [6, 6.07) is 6.65. The monoisotopic (exact) mass is 269 g/mol. The Morgan fingerprint density at radius 2 is 1.95 bits per heavy atom. The van der Waals surface area contributed by atoms with Gasteiger partial charge < -0.3 is 9.72 Å². The van der Waals surface area contributed by atoms with Crippen molar-refractivity contribution in [1.82, 2.24) is 4.98 Å². The van der Waals surface area contributed by atoms with E-state index in [1.54, 1.807) is 13.0 Å². The van der Waals surface area contributed by atoms with E-state index >= 15 is 0 Å². The fourth-order valence-corrected chi connectivity index (χ4v) is 1.79. The first-order chi connectivity index (χ1) is 8.87. The van der Waals surface area contributed by atoms with Gasteiger partial charge in [-0.1, -0.05) is 12.1 Å². The van der Waals surface area contributed by atoms with E-state index in [2.05, 4.69) is 9.72 Å². The second-order valence-electron chi connectivity index (χ2n) is 3.92. The summed E-state index contributed by atoms with van der Waals surface area (Å²) in [7, 11) is 0. The zero-order valence-corrected chi connectivity index (χ0v) is 9.91. The van der Waals surface area contributed by atoms with Crippen LogP contribution in [0.15, 0.2) is 41.3 Å². The molecule has 1 aromatic heterocycles. The van der Waals surface area contributed by atoms with Crippen LogP contribution < -0.4 is 10.2 Å². The summed E-state index contributed by atoms with van der Waals surface area (Å²) in [6.07, 6.45) is -3.27. The van der Waals surface area contributed by atoms with Crippen molar-refractivity contribution in [3.05, 3.63) is 52.4 Å². The molecule has 2 rings (SSSR count). The van der Waals surface area contributed by atoms with Crippen LogP contribution in [-0.2, 0) is 0 Å². The van der Waals surface area contributed by atoms with Crippen LogP contribution in [0.1, 0.15) is 5.69 Å². The van der Waals surface area contributed by atoms with Crippen molar-refractivity contribution in [2.24, 2.45) is 0 Å². The van der Waals surface area contributed by atoms with Crippen LogP contribution in [0.25, 0.3) is 11.1 Å². The van der Waals surface area contributed by atoms with Crippen LogP contribution in [0.5, 0.6) is 5.75 Å². The summed E-state index contributed by atoms with van der Waals surface area (Å²) in [5.41, 5.74) is 1.02. The van der Waals surface area contributed by atoms with Crippen molar-refractivity contribution in [2.75, 3.05) is 0 Å². The quantitative estimate of drug-likeness (QED) is 0.909. The van der Waals surface area contributed by atoms with Gasteiger partial charge in [0.1, 0.15) is 5.75 Å². The summed E-state index contributed by atoms with van der Waals surface area (Å²) >= 11 is 0. The lowest BCUT2D eigenvalue weighted by Gasteiger charge is -2.10. The maximum atomic E-state index is 12.1. The van der Waals surface area contributed by atoms with Gasteiger partial charge in [-0.15, -0.1) is 13.2 Å². The Morgan fingerprint density at radius 1 is 1.21 bits per heavy atom. The molecule has 0 bridgehead atoms. The fourth-order valence-electron chi connectivity index (χ4n) is 1.79. The van der Waals surface area contributed by atoms with E-state index in [4.69, 9.17) is 0 Å². The van der Waals surface area contributed by atoms with Gasteiger partial charge in [-0.2, -0.15) is 0 Å². The number of aryl methyl sites for hydroxylation is 1. The third-order valence-electron chi connectivity index (χ3n) is 2.51. The number of aromatic nitrogens is 1. The average Bonchev–Trinajstić information content (AvgIpc) is 2.26. The number of benzene rings is 1. The summed E-state index contributed by atoms with van der Waals surface area (Å²) in [4.78, 5) is 14.6. The topological polar surface area (TPSA) is 42.1 Å². The molecule has 0 aliphatic carbocycles. The van der Waals surface area contributed by atoms with E-state index in [9.17, 15) is 18.0 Å². The van der Waals surface area contributed by atoms with Gasteiger partial charge in [0, 0.05) is 23.5 Å². The van der Waals surface area contributed by atoms with E-state index in [0.29, 0.717) is 16.8 Å². The normalized spacial score (nSPS) is 11.4. The maximum absolute atomic E-state index is 12.1. The Bertz CT molecular complexity index is 647. The molecule has 3 nitrogen and oxygen atoms in total. The SMILES string of the molecule is Cc1[nH]ccc(=O)c1-c1cccc(OC(F)(F)F)c1. The largest absolute Gasteiger partial charge is 0.573 e. The minimum Gasteiger partial charge on any atom is -0.406 e. The van der Waals surface area contributed by atoms with Gasteiger partial charge >= 0.3 is 6.36 Å². The molecule has 0 aliphatic heterocycles. The van der Waals surface area contributed by atoms with Crippen LogP contribution in [0.3, 0.4) is 0 Å². The molecular weight excluding hydrogens is 259 g/mol. The van der Waals surface area contributed by atoms with Crippen molar-refractivity contribution < 1.29 is 17.9 Å². The minimum absolute atomic E-state index is 0.264. The Morgan fingerprint density at radius 3 is 2.58 bits per heavy atom. The number of alkyl halides is 3. The lowest BCUT2D eigenvalue weighted by Crippen LogP contribution is -2.17. The number of ether oxygens (including phenoxy) is 1. The Hall–Kier alpha value is -2.24. The van der Waals surface area contributed by atoms with Gasteiger partial charge in [0.15, 0.2) is 5.43 Å². The van der Waals surface area contributed by atoms with E-state index in [0.717, 1.165) is 0 Å². The molecule has 1 heterocycles. The molecule has 0 radical (unpaired) electrons. The number of nitrogens with one attached hydrogen (secondary N) is 1. The Kier molecular flexibility index (Phi) is 3.33. The van der Waals surface area contributed by atoms with Gasteiger partial charge in [0.25, 0.3) is 0 Å². The molecule has 19 heavy (non-hydrogen) atoms. The smallest absolute Gasteiger partial charge is 0.406 e. The van der Waals surface area contributed by atoms with E-state index in [1.807, 2.05) is 0 Å². The molecule has 0 aliphatic rings. The summed E-state index contributed by atoms with van der Waals surface area (Å²) in [5.74, 6) is -0.354. The van der Waals surface area contributed by atoms with Crippen LogP contribution in [0.4, 0.5) is 13.2 Å². The van der Waals surface area contributed by atoms with E-state index in [-0.39, 0.29) is 11.2 Å². The first-order valence-electron chi connectivity index (χ1n) is 5.41. The van der Waals surface area contributed by atoms with Crippen LogP contribution >= 0.6 is 0 Å². The highest BCUT2D eigenvalue weighted by Crippen LogP contribution is 2.27. The molecule has 0 amide bonds. The second-order valence-corrected chi connectivity index (χ2v) is 3.92. The first-order valence-corrected chi connectivity index (χ1v) is 5.41. The van der Waals surface area contributed by atoms with Crippen LogP contribution in [-0.4, -0.2) is 11.3 Å². The predicted octanol–water partition coefficient (Wildman–Crippen LogP) is 3.25. The van der Waals surface area contributed by atoms with Crippen molar-refractivity contribution >= 4 is 0 Å². The summed E-state index contributed by atoms with van der Waals surface area (Å²) in [6.45, 7) is 1.67. The molecule has 100 valence electrons. The molecule has 1 aromatic carbocycles. The highest BCUT2D eigenvalue weighted by atomic mass is 19.4. The lowest BCUT2D eigenvalue weighted by atomic mass is 10.0. The van der Waals surface area contributed by atoms with Gasteiger partial charge in [0.2, 0.25) is 0 Å². The van der Waals surface area contributed by atoms with Crippen molar-refractivity contribution in [2.45, 2.75) is 13.3 Å². The molecule has 0 spiro atoms. The predicted molar refractivity (Wildman–Crippen MR) is 63.9 cm³/mol. The summed E-state index contributed by atoms with van der Waals surface area (Å²) < 4.78 is 40.3. The fraction of sp³-hybridized carbons (Fsp3) is 0.154. The van der Waals surface area contributed by atoms with Crippen molar-refractivity contribution in [1.29, 1.82) is 0 Å². The zero-order valence-electron chi connectivity index (χ0n) is 9.91. The Balaban J connectivity index is 2.47. The highest BCUT2D eigenvalue weighted by Gasteiger charge is 2.31. The van der Waals surface area contributed by atoms with Gasteiger partial charge in [0.05, 0.1) is 0 Å². The first kappa shape index (κ1) is 13.2. The number of halogens is 3. The number of pyridine rings is 1. The molecule has 0 unspecified atom stereocenters. The second kappa shape index (κ2) is 4.79. The van der Waals surface area contributed by atoms with Crippen LogP contribution in [0, 0.1) is 6.92 Å². The molecule has 2 aromatic rings. The number of aromatic amines is 1. The molecular formula is C13H10F3NO2. The summed E-state index contributed by atoms with van der Waals surface area (Å²) in [5, 5.41) is 0. The molecule has 0 saturated carbocycles. The molecule has 0 atom stereocenters. The van der Waals surface area contributed by atoms with Crippen molar-refractivity contribution in [3.8, 4) is 16.9 Å². The average molecular weight is 269 g/mol.